The molecule has 0 rings (SSSR count). The summed E-state index contributed by atoms with van der Waals surface area (Å²) in [5, 5.41) is 3.16. The molecule has 0 saturated heterocycles. The maximum Gasteiger partial charge on any atom is 0.00976 e. The summed E-state index contributed by atoms with van der Waals surface area (Å²) >= 11 is 1.78. The first-order valence-corrected chi connectivity index (χ1v) is 6.50. The van der Waals surface area contributed by atoms with Gasteiger partial charge in [-0.05, 0) is 18.1 Å². The zero-order valence-electron chi connectivity index (χ0n) is 9.07. The van der Waals surface area contributed by atoms with Crippen LogP contribution in [0.2, 0.25) is 0 Å². The summed E-state index contributed by atoms with van der Waals surface area (Å²) < 4.78 is 0. The van der Waals surface area contributed by atoms with Crippen molar-refractivity contribution in [3.05, 3.63) is 0 Å². The Balaban J connectivity index is 3.02. The van der Waals surface area contributed by atoms with Crippen molar-refractivity contribution in [2.75, 3.05) is 5.75 Å². The molecule has 0 aromatic heterocycles. The molecule has 13 heavy (non-hydrogen) atoms. The summed E-state index contributed by atoms with van der Waals surface area (Å²) in [4.78, 5) is 0. The van der Waals surface area contributed by atoms with Gasteiger partial charge < -0.3 is 0 Å². The molecule has 0 nitrogen and oxygen atoms in total. The summed E-state index contributed by atoms with van der Waals surface area (Å²) in [5.74, 6) is 4.42. The molecule has 0 saturated carbocycles. The predicted octanol–water partition coefficient (Wildman–Crippen LogP) is 4.45. The van der Waals surface area contributed by atoms with Crippen LogP contribution in [0, 0.1) is 11.2 Å². The van der Waals surface area contributed by atoms with E-state index >= 15 is 0 Å². The lowest BCUT2D eigenvalue weighted by molar-refractivity contribution is 0.680. The Hall–Kier alpha value is -0.0900. The fraction of sp³-hybridized carbons (Fsp3) is 0.833. The zero-order chi connectivity index (χ0) is 9.78. The molecule has 0 amide bonds. The van der Waals surface area contributed by atoms with E-state index in [4.69, 9.17) is 0 Å². The monoisotopic (exact) mass is 198 g/mol. The maximum atomic E-state index is 3.22. The number of thioether (sulfide) groups is 1. The fourth-order valence-electron chi connectivity index (χ4n) is 1.01. The molecule has 0 aromatic carbocycles. The van der Waals surface area contributed by atoms with Gasteiger partial charge in [-0.25, -0.2) is 0 Å². The van der Waals surface area contributed by atoms with Gasteiger partial charge >= 0.3 is 0 Å². The highest BCUT2D eigenvalue weighted by Crippen LogP contribution is 2.04. The minimum atomic E-state index is 1.10. The molecule has 0 aliphatic carbocycles. The lowest BCUT2D eigenvalue weighted by atomic mass is 10.2. The van der Waals surface area contributed by atoms with E-state index in [-0.39, 0.29) is 0 Å². The zero-order valence-corrected chi connectivity index (χ0v) is 9.88. The number of hydrogen-bond acceptors (Lipinski definition) is 1. The highest BCUT2D eigenvalue weighted by Gasteiger charge is 1.84. The van der Waals surface area contributed by atoms with Crippen molar-refractivity contribution in [1.82, 2.24) is 0 Å². The quantitative estimate of drug-likeness (QED) is 0.430. The molecule has 0 N–H and O–H groups in total. The molecule has 0 heterocycles. The van der Waals surface area contributed by atoms with Gasteiger partial charge in [0.2, 0.25) is 0 Å². The topological polar surface area (TPSA) is 0 Å². The summed E-state index contributed by atoms with van der Waals surface area (Å²) in [6.45, 7) is 4.46. The maximum absolute atomic E-state index is 3.22. The molecule has 1 heteroatoms. The van der Waals surface area contributed by atoms with E-state index in [0.29, 0.717) is 0 Å². The fourth-order valence-corrected chi connectivity index (χ4v) is 1.75. The number of unbranched alkanes of at least 4 members (excludes halogenated alkanes) is 5. The largest absolute Gasteiger partial charge is 0.0913 e. The first-order valence-electron chi connectivity index (χ1n) is 5.51. The Morgan fingerprint density at radius 1 is 0.923 bits per heavy atom. The van der Waals surface area contributed by atoms with Gasteiger partial charge in [-0.15, -0.1) is 0 Å². The van der Waals surface area contributed by atoms with Gasteiger partial charge in [0.25, 0.3) is 0 Å². The van der Waals surface area contributed by atoms with E-state index in [1.54, 1.807) is 11.8 Å². The van der Waals surface area contributed by atoms with Gasteiger partial charge in [-0.3, -0.25) is 0 Å². The van der Waals surface area contributed by atoms with Gasteiger partial charge in [0.05, 0.1) is 0 Å². The Bertz CT molecular complexity index is 141. The average Bonchev–Trinajstić information content (AvgIpc) is 2.16. The van der Waals surface area contributed by atoms with Crippen LogP contribution in [0.25, 0.3) is 0 Å². The molecular formula is C12H22S. The van der Waals surface area contributed by atoms with Crippen LogP contribution in [-0.2, 0) is 0 Å². The van der Waals surface area contributed by atoms with Crippen molar-refractivity contribution in [3.63, 3.8) is 0 Å². The third-order valence-corrected chi connectivity index (χ3v) is 2.68. The van der Waals surface area contributed by atoms with Crippen molar-refractivity contribution in [2.24, 2.45) is 0 Å². The van der Waals surface area contributed by atoms with Crippen LogP contribution in [0.1, 0.15) is 58.8 Å². The second-order valence-corrected chi connectivity index (χ2v) is 4.19. The van der Waals surface area contributed by atoms with Crippen LogP contribution < -0.4 is 0 Å². The van der Waals surface area contributed by atoms with E-state index in [1.807, 2.05) is 0 Å². The predicted molar refractivity (Wildman–Crippen MR) is 63.9 cm³/mol. The molecule has 0 aliphatic rings. The van der Waals surface area contributed by atoms with E-state index in [1.165, 1.54) is 44.3 Å². The Morgan fingerprint density at radius 2 is 1.69 bits per heavy atom. The Labute approximate surface area is 87.9 Å². The van der Waals surface area contributed by atoms with Crippen molar-refractivity contribution in [3.8, 4) is 11.2 Å². The van der Waals surface area contributed by atoms with Crippen molar-refractivity contribution in [2.45, 2.75) is 58.8 Å². The van der Waals surface area contributed by atoms with Gasteiger partial charge in [0.1, 0.15) is 0 Å². The first-order chi connectivity index (χ1) is 6.41. The lowest BCUT2D eigenvalue weighted by Gasteiger charge is -1.92. The second-order valence-electron chi connectivity index (χ2n) is 3.29. The number of rotatable bonds is 7. The highest BCUT2D eigenvalue weighted by atomic mass is 32.2. The van der Waals surface area contributed by atoms with Crippen LogP contribution in [0.3, 0.4) is 0 Å². The van der Waals surface area contributed by atoms with Crippen LogP contribution in [0.5, 0.6) is 0 Å². The summed E-state index contributed by atoms with van der Waals surface area (Å²) in [6, 6.07) is 0. The normalized spacial score (nSPS) is 9.38. The van der Waals surface area contributed by atoms with Crippen LogP contribution in [0.4, 0.5) is 0 Å². The van der Waals surface area contributed by atoms with Crippen LogP contribution in [0.15, 0.2) is 0 Å². The van der Waals surface area contributed by atoms with E-state index in [0.717, 1.165) is 6.42 Å². The molecule has 0 fully saturated rings. The molecule has 0 spiro atoms. The number of hydrogen-bond donors (Lipinski definition) is 0. The summed E-state index contributed by atoms with van der Waals surface area (Å²) in [5.41, 5.74) is 0. The molecule has 0 aromatic rings. The van der Waals surface area contributed by atoms with Gasteiger partial charge in [0.15, 0.2) is 0 Å². The van der Waals surface area contributed by atoms with E-state index < -0.39 is 0 Å². The van der Waals surface area contributed by atoms with Crippen molar-refractivity contribution in [1.29, 1.82) is 0 Å². The molecule has 0 atom stereocenters. The van der Waals surface area contributed by atoms with Gasteiger partial charge in [-0.1, -0.05) is 57.2 Å². The molecule has 0 bridgehead atoms. The lowest BCUT2D eigenvalue weighted by Crippen LogP contribution is -1.75. The standard InChI is InChI=1S/C12H22S/c1-3-5-7-8-9-10-12-13-11-6-4-2/h3-9,11H2,1-2H3. The SMILES string of the molecule is CCCCCCC#CSCCCC. The van der Waals surface area contributed by atoms with Gasteiger partial charge in [-0.2, -0.15) is 0 Å². The molecule has 76 valence electrons. The summed E-state index contributed by atoms with van der Waals surface area (Å²) in [6.07, 6.45) is 9.00. The highest BCUT2D eigenvalue weighted by molar-refractivity contribution is 8.03. The van der Waals surface area contributed by atoms with E-state index in [9.17, 15) is 0 Å². The molecule has 0 unspecified atom stereocenters. The average molecular weight is 198 g/mol. The summed E-state index contributed by atoms with van der Waals surface area (Å²) in [7, 11) is 0. The third-order valence-electron chi connectivity index (χ3n) is 1.90. The van der Waals surface area contributed by atoms with Gasteiger partial charge in [0, 0.05) is 12.2 Å². The smallest absolute Gasteiger partial charge is 0.00976 e. The molecule has 0 aliphatic heterocycles. The first kappa shape index (κ1) is 12.9. The van der Waals surface area contributed by atoms with Crippen molar-refractivity contribution >= 4 is 11.8 Å². The van der Waals surface area contributed by atoms with Crippen molar-refractivity contribution < 1.29 is 0 Å². The minimum absolute atomic E-state index is 1.10. The second kappa shape index (κ2) is 11.9. The van der Waals surface area contributed by atoms with E-state index in [2.05, 4.69) is 25.0 Å². The Kier molecular flexibility index (Phi) is 11.8. The third kappa shape index (κ3) is 11.9. The minimum Gasteiger partial charge on any atom is -0.0913 e. The van der Waals surface area contributed by atoms with Crippen LogP contribution >= 0.6 is 11.8 Å². The molecular weight excluding hydrogens is 176 g/mol. The Morgan fingerprint density at radius 3 is 2.38 bits per heavy atom. The van der Waals surface area contributed by atoms with Crippen LogP contribution in [-0.4, -0.2) is 5.75 Å². The molecule has 0 radical (unpaired) electrons.